The molecule has 1 aromatic heterocycles. The summed E-state index contributed by atoms with van der Waals surface area (Å²) >= 11 is 0. The topological polar surface area (TPSA) is 44.0 Å². The van der Waals surface area contributed by atoms with Gasteiger partial charge in [-0.3, -0.25) is 14.2 Å². The number of aryl methyl sites for hydroxylation is 2. The van der Waals surface area contributed by atoms with Crippen molar-refractivity contribution in [1.29, 1.82) is 0 Å². The standard InChI is InChI=1S/C19H26N2O2/c1-3-4-5-6-7-8-13-20-14-15-21(19(23)18(20)22)17-11-9-16(2)10-12-17/h9-12,14-15H,3-8,13H2,1-2H3. The number of rotatable bonds is 8. The summed E-state index contributed by atoms with van der Waals surface area (Å²) in [5.74, 6) is 0. The summed E-state index contributed by atoms with van der Waals surface area (Å²) in [5.41, 5.74) is 0.923. The van der Waals surface area contributed by atoms with E-state index in [0.717, 1.165) is 24.1 Å². The fraction of sp³-hybridized carbons (Fsp3) is 0.474. The van der Waals surface area contributed by atoms with Crippen molar-refractivity contribution in [2.45, 2.75) is 58.9 Å². The minimum atomic E-state index is -0.484. The number of nitrogens with zero attached hydrogens (tertiary/aromatic N) is 2. The monoisotopic (exact) mass is 314 g/mol. The molecule has 4 heteroatoms. The van der Waals surface area contributed by atoms with Crippen molar-refractivity contribution in [2.24, 2.45) is 0 Å². The molecular formula is C19H26N2O2. The molecule has 0 amide bonds. The number of hydrogen-bond acceptors (Lipinski definition) is 2. The lowest BCUT2D eigenvalue weighted by Gasteiger charge is -2.09. The van der Waals surface area contributed by atoms with Gasteiger partial charge in [0.15, 0.2) is 0 Å². The van der Waals surface area contributed by atoms with Crippen molar-refractivity contribution >= 4 is 0 Å². The van der Waals surface area contributed by atoms with Gasteiger partial charge in [-0.2, -0.15) is 0 Å². The number of unbranched alkanes of at least 4 members (excludes halogenated alkanes) is 5. The highest BCUT2D eigenvalue weighted by atomic mass is 16.2. The molecule has 0 radical (unpaired) electrons. The van der Waals surface area contributed by atoms with Crippen molar-refractivity contribution in [1.82, 2.24) is 9.13 Å². The van der Waals surface area contributed by atoms with Crippen LogP contribution in [0.2, 0.25) is 0 Å². The SMILES string of the molecule is CCCCCCCCn1ccn(-c2ccc(C)cc2)c(=O)c1=O. The van der Waals surface area contributed by atoms with Crippen LogP contribution in [0, 0.1) is 6.92 Å². The van der Waals surface area contributed by atoms with Crippen LogP contribution in [0.3, 0.4) is 0 Å². The van der Waals surface area contributed by atoms with E-state index in [9.17, 15) is 9.59 Å². The fourth-order valence-corrected chi connectivity index (χ4v) is 2.66. The normalized spacial score (nSPS) is 10.9. The van der Waals surface area contributed by atoms with Gasteiger partial charge in [0.25, 0.3) is 0 Å². The molecule has 0 aliphatic carbocycles. The van der Waals surface area contributed by atoms with Crippen LogP contribution in [-0.4, -0.2) is 9.13 Å². The van der Waals surface area contributed by atoms with Crippen LogP contribution >= 0.6 is 0 Å². The maximum absolute atomic E-state index is 12.3. The third-order valence-electron chi connectivity index (χ3n) is 4.12. The predicted molar refractivity (Wildman–Crippen MR) is 94.4 cm³/mol. The third-order valence-corrected chi connectivity index (χ3v) is 4.12. The summed E-state index contributed by atoms with van der Waals surface area (Å²) in [6.45, 7) is 4.81. The minimum absolute atomic E-state index is 0.443. The quantitative estimate of drug-likeness (QED) is 0.551. The van der Waals surface area contributed by atoms with Crippen molar-refractivity contribution in [3.63, 3.8) is 0 Å². The number of benzene rings is 1. The lowest BCUT2D eigenvalue weighted by Crippen LogP contribution is -2.39. The summed E-state index contributed by atoms with van der Waals surface area (Å²) in [6.07, 6.45) is 10.4. The molecule has 0 unspecified atom stereocenters. The van der Waals surface area contributed by atoms with Crippen LogP contribution in [0.4, 0.5) is 0 Å². The van der Waals surface area contributed by atoms with Crippen LogP contribution < -0.4 is 11.1 Å². The van der Waals surface area contributed by atoms with Gasteiger partial charge in [0.05, 0.1) is 0 Å². The maximum Gasteiger partial charge on any atom is 0.320 e. The van der Waals surface area contributed by atoms with E-state index < -0.39 is 11.1 Å². The molecule has 0 spiro atoms. The van der Waals surface area contributed by atoms with E-state index in [1.54, 1.807) is 12.4 Å². The lowest BCUT2D eigenvalue weighted by molar-refractivity contribution is 0.543. The molecular weight excluding hydrogens is 288 g/mol. The van der Waals surface area contributed by atoms with E-state index in [1.807, 2.05) is 31.2 Å². The van der Waals surface area contributed by atoms with Crippen LogP contribution in [-0.2, 0) is 6.54 Å². The van der Waals surface area contributed by atoms with Gasteiger partial charge in [-0.25, -0.2) is 0 Å². The second-order valence-electron chi connectivity index (χ2n) is 6.08. The highest BCUT2D eigenvalue weighted by Gasteiger charge is 2.06. The van der Waals surface area contributed by atoms with Crippen LogP contribution in [0.5, 0.6) is 0 Å². The Balaban J connectivity index is 2.04. The third kappa shape index (κ3) is 4.68. The molecule has 23 heavy (non-hydrogen) atoms. The Kier molecular flexibility index (Phi) is 6.39. The highest BCUT2D eigenvalue weighted by molar-refractivity contribution is 5.34. The zero-order valence-electron chi connectivity index (χ0n) is 14.1. The fourth-order valence-electron chi connectivity index (χ4n) is 2.66. The molecule has 4 nitrogen and oxygen atoms in total. The number of hydrogen-bond donors (Lipinski definition) is 0. The second kappa shape index (κ2) is 8.51. The first-order valence-electron chi connectivity index (χ1n) is 8.52. The van der Waals surface area contributed by atoms with E-state index in [1.165, 1.54) is 34.8 Å². The van der Waals surface area contributed by atoms with Crippen molar-refractivity contribution < 1.29 is 0 Å². The Hall–Kier alpha value is -2.10. The largest absolute Gasteiger partial charge is 0.320 e. The van der Waals surface area contributed by atoms with E-state index in [-0.39, 0.29) is 0 Å². The zero-order chi connectivity index (χ0) is 16.7. The lowest BCUT2D eigenvalue weighted by atomic mass is 10.1. The van der Waals surface area contributed by atoms with Gasteiger partial charge in [0.1, 0.15) is 0 Å². The molecule has 0 N–H and O–H groups in total. The first-order valence-corrected chi connectivity index (χ1v) is 8.52. The van der Waals surface area contributed by atoms with Gasteiger partial charge >= 0.3 is 11.1 Å². The number of aromatic nitrogens is 2. The van der Waals surface area contributed by atoms with E-state index >= 15 is 0 Å². The van der Waals surface area contributed by atoms with Gasteiger partial charge in [0.2, 0.25) is 0 Å². The summed E-state index contributed by atoms with van der Waals surface area (Å²) in [4.78, 5) is 24.5. The van der Waals surface area contributed by atoms with Gasteiger partial charge in [-0.05, 0) is 25.5 Å². The van der Waals surface area contributed by atoms with Crippen molar-refractivity contribution in [2.75, 3.05) is 0 Å². The molecule has 0 saturated carbocycles. The molecule has 0 aliphatic rings. The van der Waals surface area contributed by atoms with E-state index in [2.05, 4.69) is 6.92 Å². The van der Waals surface area contributed by atoms with Crippen LogP contribution in [0.15, 0.2) is 46.2 Å². The molecule has 0 bridgehead atoms. The van der Waals surface area contributed by atoms with Gasteiger partial charge in [0, 0.05) is 24.6 Å². The zero-order valence-corrected chi connectivity index (χ0v) is 14.1. The first-order chi connectivity index (χ1) is 11.1. The Morgan fingerprint density at radius 1 is 0.826 bits per heavy atom. The Bertz CT molecular complexity index is 726. The molecule has 2 aromatic rings. The van der Waals surface area contributed by atoms with Crippen LogP contribution in [0.25, 0.3) is 5.69 Å². The summed E-state index contributed by atoms with van der Waals surface area (Å²) in [6, 6.07) is 7.58. The van der Waals surface area contributed by atoms with Gasteiger partial charge in [-0.1, -0.05) is 56.7 Å². The predicted octanol–water partition coefficient (Wildman–Crippen LogP) is 3.67. The molecule has 0 atom stereocenters. The smallest absolute Gasteiger partial charge is 0.309 e. The molecule has 124 valence electrons. The average molecular weight is 314 g/mol. The second-order valence-corrected chi connectivity index (χ2v) is 6.08. The average Bonchev–Trinajstić information content (AvgIpc) is 2.56. The molecule has 1 heterocycles. The summed E-state index contributed by atoms with van der Waals surface area (Å²) < 4.78 is 2.95. The van der Waals surface area contributed by atoms with Gasteiger partial charge in [-0.15, -0.1) is 0 Å². The first kappa shape index (κ1) is 17.3. The van der Waals surface area contributed by atoms with Crippen molar-refractivity contribution in [3.05, 3.63) is 62.9 Å². The van der Waals surface area contributed by atoms with E-state index in [0.29, 0.717) is 6.54 Å². The Labute approximate surface area is 137 Å². The minimum Gasteiger partial charge on any atom is -0.309 e. The van der Waals surface area contributed by atoms with Crippen LogP contribution in [0.1, 0.15) is 51.0 Å². The Morgan fingerprint density at radius 3 is 2.17 bits per heavy atom. The van der Waals surface area contributed by atoms with Gasteiger partial charge < -0.3 is 4.57 Å². The van der Waals surface area contributed by atoms with E-state index in [4.69, 9.17) is 0 Å². The molecule has 1 aromatic carbocycles. The summed E-state index contributed by atoms with van der Waals surface area (Å²) in [7, 11) is 0. The molecule has 0 aliphatic heterocycles. The maximum atomic E-state index is 12.3. The van der Waals surface area contributed by atoms with Crippen molar-refractivity contribution in [3.8, 4) is 5.69 Å². The highest BCUT2D eigenvalue weighted by Crippen LogP contribution is 2.07. The molecule has 0 fully saturated rings. The summed E-state index contributed by atoms with van der Waals surface area (Å²) in [5, 5.41) is 0. The Morgan fingerprint density at radius 2 is 1.48 bits per heavy atom. The molecule has 0 saturated heterocycles. The molecule has 2 rings (SSSR count).